The molecule has 0 aromatic rings. The van der Waals surface area contributed by atoms with Crippen LogP contribution in [0.3, 0.4) is 0 Å². The van der Waals surface area contributed by atoms with Gasteiger partial charge in [-0.2, -0.15) is 13.2 Å². The average Bonchev–Trinajstić information content (AvgIpc) is 2.10. The van der Waals surface area contributed by atoms with Crippen molar-refractivity contribution in [3.63, 3.8) is 0 Å². The van der Waals surface area contributed by atoms with Crippen LogP contribution >= 0.6 is 0 Å². The second-order valence-electron chi connectivity index (χ2n) is 3.42. The van der Waals surface area contributed by atoms with Gasteiger partial charge >= 0.3 is 6.18 Å². The summed E-state index contributed by atoms with van der Waals surface area (Å²) < 4.78 is 60.4. The van der Waals surface area contributed by atoms with Gasteiger partial charge in [0.2, 0.25) is 0 Å². The van der Waals surface area contributed by atoms with Crippen LogP contribution in [0.25, 0.3) is 0 Å². The van der Waals surface area contributed by atoms with E-state index in [1.54, 1.807) is 0 Å². The van der Waals surface area contributed by atoms with E-state index in [0.717, 1.165) is 0 Å². The molecule has 0 aliphatic rings. The fourth-order valence-corrected chi connectivity index (χ4v) is 3.04. The molecule has 0 amide bonds. The van der Waals surface area contributed by atoms with Gasteiger partial charge in [0, 0.05) is 0 Å². The van der Waals surface area contributed by atoms with Crippen molar-refractivity contribution in [3.8, 4) is 0 Å². The summed E-state index contributed by atoms with van der Waals surface area (Å²) in [6, 6.07) is 0. The first kappa shape index (κ1) is 14.7. The van der Waals surface area contributed by atoms with Gasteiger partial charge in [0.1, 0.15) is 0 Å². The summed E-state index contributed by atoms with van der Waals surface area (Å²) in [5.41, 5.74) is 5.00. The molecule has 0 bridgehead atoms. The zero-order valence-corrected chi connectivity index (χ0v) is 9.53. The monoisotopic (exact) mass is 247 g/mol. The number of hydrogen-bond acceptors (Lipinski definition) is 3. The topological polar surface area (TPSA) is 60.2 Å². The molecule has 7 heteroatoms. The molecule has 0 aliphatic heterocycles. The average molecular weight is 247 g/mol. The molecule has 3 nitrogen and oxygen atoms in total. The smallest absolute Gasteiger partial charge is 0.330 e. The van der Waals surface area contributed by atoms with E-state index in [-0.39, 0.29) is 13.0 Å². The van der Waals surface area contributed by atoms with Crippen LogP contribution < -0.4 is 5.73 Å². The third kappa shape index (κ3) is 3.64. The molecule has 0 fully saturated rings. The first-order chi connectivity index (χ1) is 6.67. The van der Waals surface area contributed by atoms with Crippen molar-refractivity contribution in [2.75, 3.05) is 6.54 Å². The van der Waals surface area contributed by atoms with Gasteiger partial charge in [-0.05, 0) is 26.3 Å². The van der Waals surface area contributed by atoms with Crippen molar-refractivity contribution in [1.82, 2.24) is 0 Å². The maximum atomic E-state index is 12.5. The minimum absolute atomic E-state index is 0.166. The SMILES string of the molecule is CCC(C)S(=O)(=O)C(CCN)C(F)(F)F. The van der Waals surface area contributed by atoms with Crippen molar-refractivity contribution >= 4 is 9.84 Å². The highest BCUT2D eigenvalue weighted by molar-refractivity contribution is 7.92. The quantitative estimate of drug-likeness (QED) is 0.800. The Morgan fingerprint density at radius 3 is 2.07 bits per heavy atom. The summed E-state index contributed by atoms with van der Waals surface area (Å²) in [6.07, 6.45) is -5.14. The van der Waals surface area contributed by atoms with Gasteiger partial charge in [-0.3, -0.25) is 0 Å². The third-order valence-corrected chi connectivity index (χ3v) is 5.08. The van der Waals surface area contributed by atoms with Crippen molar-refractivity contribution in [2.24, 2.45) is 5.73 Å². The van der Waals surface area contributed by atoms with Gasteiger partial charge in [0.15, 0.2) is 15.1 Å². The molecule has 0 radical (unpaired) electrons. The molecule has 0 saturated carbocycles. The molecule has 0 rings (SSSR count). The number of halogens is 3. The predicted molar refractivity (Wildman–Crippen MR) is 52.2 cm³/mol. The minimum atomic E-state index is -4.73. The summed E-state index contributed by atoms with van der Waals surface area (Å²) in [7, 11) is -4.18. The van der Waals surface area contributed by atoms with Crippen molar-refractivity contribution in [1.29, 1.82) is 0 Å². The molecule has 2 unspecified atom stereocenters. The highest BCUT2D eigenvalue weighted by Gasteiger charge is 2.49. The molecular formula is C8H16F3NO2S. The van der Waals surface area contributed by atoms with Gasteiger partial charge in [-0.1, -0.05) is 6.92 Å². The zero-order chi connectivity index (χ0) is 12.3. The van der Waals surface area contributed by atoms with Crippen LogP contribution in [0.15, 0.2) is 0 Å². The highest BCUT2D eigenvalue weighted by atomic mass is 32.2. The Kier molecular flexibility index (Phi) is 5.05. The first-order valence-electron chi connectivity index (χ1n) is 4.67. The second kappa shape index (κ2) is 5.16. The van der Waals surface area contributed by atoms with Gasteiger partial charge in [-0.25, -0.2) is 8.42 Å². The summed E-state index contributed by atoms with van der Waals surface area (Å²) in [5.74, 6) is 0. The summed E-state index contributed by atoms with van der Waals surface area (Å²) in [4.78, 5) is 0. The highest BCUT2D eigenvalue weighted by Crippen LogP contribution is 2.31. The largest absolute Gasteiger partial charge is 0.405 e. The molecule has 15 heavy (non-hydrogen) atoms. The molecular weight excluding hydrogens is 231 g/mol. The Labute approximate surface area is 87.8 Å². The fraction of sp³-hybridized carbons (Fsp3) is 1.00. The van der Waals surface area contributed by atoms with E-state index in [0.29, 0.717) is 0 Å². The molecule has 2 atom stereocenters. The van der Waals surface area contributed by atoms with Gasteiger partial charge in [0.25, 0.3) is 0 Å². The predicted octanol–water partition coefficient (Wildman–Crippen LogP) is 1.48. The van der Waals surface area contributed by atoms with Crippen LogP contribution in [0.2, 0.25) is 0 Å². The Bertz CT molecular complexity index is 287. The number of rotatable bonds is 5. The standard InChI is InChI=1S/C8H16F3NO2S/c1-3-6(2)15(13,14)7(4-5-12)8(9,10)11/h6-7H,3-5,12H2,1-2H3. The lowest BCUT2D eigenvalue weighted by atomic mass is 10.3. The maximum absolute atomic E-state index is 12.5. The summed E-state index contributed by atoms with van der Waals surface area (Å²) in [5, 5.41) is -3.32. The van der Waals surface area contributed by atoms with Crippen molar-refractivity contribution in [3.05, 3.63) is 0 Å². The third-order valence-electron chi connectivity index (χ3n) is 2.33. The molecule has 0 spiro atoms. The fourth-order valence-electron chi connectivity index (χ4n) is 1.18. The van der Waals surface area contributed by atoms with Crippen LogP contribution in [-0.2, 0) is 9.84 Å². The Hall–Kier alpha value is -0.300. The number of hydrogen-bond donors (Lipinski definition) is 1. The maximum Gasteiger partial charge on any atom is 0.405 e. The van der Waals surface area contributed by atoms with E-state index >= 15 is 0 Å². The van der Waals surface area contributed by atoms with Crippen LogP contribution in [0.4, 0.5) is 13.2 Å². The van der Waals surface area contributed by atoms with Crippen LogP contribution in [0.5, 0.6) is 0 Å². The van der Waals surface area contributed by atoms with Crippen LogP contribution in [0, 0.1) is 0 Å². The van der Waals surface area contributed by atoms with E-state index in [1.165, 1.54) is 13.8 Å². The Morgan fingerprint density at radius 1 is 1.33 bits per heavy atom. The van der Waals surface area contributed by atoms with Gasteiger partial charge in [0.05, 0.1) is 5.25 Å². The lowest BCUT2D eigenvalue weighted by Crippen LogP contribution is -2.42. The molecule has 92 valence electrons. The van der Waals surface area contributed by atoms with Crippen molar-refractivity contribution < 1.29 is 21.6 Å². The molecule has 0 aromatic carbocycles. The van der Waals surface area contributed by atoms with Gasteiger partial charge in [-0.15, -0.1) is 0 Å². The van der Waals surface area contributed by atoms with E-state index in [4.69, 9.17) is 5.73 Å². The van der Waals surface area contributed by atoms with E-state index in [9.17, 15) is 21.6 Å². The Balaban J connectivity index is 5.09. The first-order valence-corrected chi connectivity index (χ1v) is 6.28. The van der Waals surface area contributed by atoms with E-state index < -0.39 is 32.9 Å². The zero-order valence-electron chi connectivity index (χ0n) is 8.71. The second-order valence-corrected chi connectivity index (χ2v) is 5.97. The van der Waals surface area contributed by atoms with E-state index in [2.05, 4.69) is 0 Å². The number of sulfone groups is 1. The molecule has 2 N–H and O–H groups in total. The lowest BCUT2D eigenvalue weighted by Gasteiger charge is -2.23. The lowest BCUT2D eigenvalue weighted by molar-refractivity contribution is -0.131. The summed E-state index contributed by atoms with van der Waals surface area (Å²) in [6.45, 7) is 2.53. The normalized spacial score (nSPS) is 17.5. The minimum Gasteiger partial charge on any atom is -0.330 e. The van der Waals surface area contributed by atoms with E-state index in [1.807, 2.05) is 0 Å². The van der Waals surface area contributed by atoms with Crippen LogP contribution in [-0.4, -0.2) is 31.6 Å². The molecule has 0 aliphatic carbocycles. The van der Waals surface area contributed by atoms with Crippen LogP contribution in [0.1, 0.15) is 26.7 Å². The Morgan fingerprint density at radius 2 is 1.80 bits per heavy atom. The van der Waals surface area contributed by atoms with Crippen molar-refractivity contribution in [2.45, 2.75) is 43.4 Å². The van der Waals surface area contributed by atoms with Gasteiger partial charge < -0.3 is 5.73 Å². The molecule has 0 aromatic heterocycles. The number of alkyl halides is 3. The molecule has 0 heterocycles. The number of nitrogens with two attached hydrogens (primary N) is 1. The summed E-state index contributed by atoms with van der Waals surface area (Å²) >= 11 is 0. The molecule has 0 saturated heterocycles.